The van der Waals surface area contributed by atoms with E-state index in [4.69, 9.17) is 5.11 Å². The van der Waals surface area contributed by atoms with E-state index in [-0.39, 0.29) is 23.5 Å². The monoisotopic (exact) mass is 282 g/mol. The van der Waals surface area contributed by atoms with Crippen molar-refractivity contribution >= 4 is 17.3 Å². The Morgan fingerprint density at radius 2 is 2.00 bits per heavy atom. The molecule has 0 saturated heterocycles. The fraction of sp³-hybridized carbons (Fsp3) is 0.462. The topological polar surface area (TPSA) is 113 Å². The first-order valence-corrected chi connectivity index (χ1v) is 6.31. The molecule has 110 valence electrons. The number of nitro benzene ring substituents is 1. The van der Waals surface area contributed by atoms with E-state index < -0.39 is 16.5 Å². The highest BCUT2D eigenvalue weighted by molar-refractivity contribution is 5.94. The van der Waals surface area contributed by atoms with E-state index in [9.17, 15) is 20.0 Å². The number of carboxylic acid groups (broad SMARTS) is 1. The van der Waals surface area contributed by atoms with Gasteiger partial charge in [-0.1, -0.05) is 13.8 Å². The summed E-state index contributed by atoms with van der Waals surface area (Å²) >= 11 is 0. The summed E-state index contributed by atoms with van der Waals surface area (Å²) in [4.78, 5) is 21.2. The number of rotatable bonds is 7. The van der Waals surface area contributed by atoms with Crippen LogP contribution in [0.1, 0.15) is 37.0 Å². The SMILES string of the molecule is CCC(O)(CC)CNc1cc([N+](=O)[O-])ccc1C(=O)O. The Kier molecular flexibility index (Phi) is 5.04. The molecule has 0 unspecified atom stereocenters. The Labute approximate surface area is 116 Å². The van der Waals surface area contributed by atoms with Gasteiger partial charge >= 0.3 is 5.97 Å². The first-order valence-electron chi connectivity index (χ1n) is 6.31. The summed E-state index contributed by atoms with van der Waals surface area (Å²) in [5.74, 6) is -1.18. The largest absolute Gasteiger partial charge is 0.478 e. The van der Waals surface area contributed by atoms with Crippen molar-refractivity contribution in [3.63, 3.8) is 0 Å². The lowest BCUT2D eigenvalue weighted by Crippen LogP contribution is -2.35. The van der Waals surface area contributed by atoms with Gasteiger partial charge in [0.05, 0.1) is 21.8 Å². The summed E-state index contributed by atoms with van der Waals surface area (Å²) in [5.41, 5.74) is -1.10. The summed E-state index contributed by atoms with van der Waals surface area (Å²) in [6.07, 6.45) is 0.988. The second-order valence-electron chi connectivity index (χ2n) is 4.58. The molecule has 7 heteroatoms. The molecule has 0 aliphatic rings. The highest BCUT2D eigenvalue weighted by Crippen LogP contribution is 2.24. The zero-order chi connectivity index (χ0) is 15.3. The van der Waals surface area contributed by atoms with Gasteiger partial charge in [0.2, 0.25) is 0 Å². The van der Waals surface area contributed by atoms with Crippen LogP contribution in [0.25, 0.3) is 0 Å². The summed E-state index contributed by atoms with van der Waals surface area (Å²) < 4.78 is 0. The van der Waals surface area contributed by atoms with E-state index in [1.54, 1.807) is 0 Å². The molecule has 1 aromatic rings. The van der Waals surface area contributed by atoms with Crippen LogP contribution in [0.15, 0.2) is 18.2 Å². The molecule has 0 aromatic heterocycles. The fourth-order valence-electron chi connectivity index (χ4n) is 1.74. The van der Waals surface area contributed by atoms with E-state index >= 15 is 0 Å². The van der Waals surface area contributed by atoms with E-state index in [0.717, 1.165) is 12.1 Å². The third-order valence-corrected chi connectivity index (χ3v) is 3.37. The van der Waals surface area contributed by atoms with Gasteiger partial charge in [-0.25, -0.2) is 4.79 Å². The lowest BCUT2D eigenvalue weighted by Gasteiger charge is -2.26. The number of hydrogen-bond donors (Lipinski definition) is 3. The standard InChI is InChI=1S/C13H18N2O5/c1-3-13(18,4-2)8-14-11-7-9(15(19)20)5-6-10(11)12(16)17/h5-7,14,18H,3-4,8H2,1-2H3,(H,16,17). The van der Waals surface area contributed by atoms with Crippen LogP contribution in [0.4, 0.5) is 11.4 Å². The van der Waals surface area contributed by atoms with Crippen LogP contribution in [-0.4, -0.2) is 33.3 Å². The maximum atomic E-state index is 11.1. The third-order valence-electron chi connectivity index (χ3n) is 3.37. The van der Waals surface area contributed by atoms with Crippen molar-refractivity contribution in [2.24, 2.45) is 0 Å². The number of hydrogen-bond acceptors (Lipinski definition) is 5. The zero-order valence-electron chi connectivity index (χ0n) is 11.4. The number of aromatic carboxylic acids is 1. The highest BCUT2D eigenvalue weighted by atomic mass is 16.6. The van der Waals surface area contributed by atoms with Crippen molar-refractivity contribution in [2.75, 3.05) is 11.9 Å². The molecule has 0 fully saturated rings. The summed E-state index contributed by atoms with van der Waals surface area (Å²) in [6, 6.07) is 3.48. The van der Waals surface area contributed by atoms with Crippen LogP contribution in [0.2, 0.25) is 0 Å². The molecule has 3 N–H and O–H groups in total. The normalized spacial score (nSPS) is 11.2. The lowest BCUT2D eigenvalue weighted by atomic mass is 9.97. The van der Waals surface area contributed by atoms with Crippen LogP contribution in [-0.2, 0) is 0 Å². The molecular formula is C13H18N2O5. The molecule has 0 bridgehead atoms. The highest BCUT2D eigenvalue weighted by Gasteiger charge is 2.23. The molecule has 7 nitrogen and oxygen atoms in total. The number of nitrogens with zero attached hydrogens (tertiary/aromatic N) is 1. The molecule has 0 atom stereocenters. The van der Waals surface area contributed by atoms with E-state index in [1.807, 2.05) is 13.8 Å². The first kappa shape index (κ1) is 15.9. The smallest absolute Gasteiger partial charge is 0.337 e. The minimum atomic E-state index is -1.18. The van der Waals surface area contributed by atoms with Crippen molar-refractivity contribution < 1.29 is 19.9 Å². The number of non-ortho nitro benzene ring substituents is 1. The van der Waals surface area contributed by atoms with Gasteiger partial charge in [-0.3, -0.25) is 10.1 Å². The molecule has 0 aliphatic heterocycles. The predicted octanol–water partition coefficient (Wildman–Crippen LogP) is 2.26. The maximum Gasteiger partial charge on any atom is 0.337 e. The average Bonchev–Trinajstić information content (AvgIpc) is 2.44. The summed E-state index contributed by atoms with van der Waals surface area (Å²) in [6.45, 7) is 3.76. The van der Waals surface area contributed by atoms with Crippen LogP contribution in [0.3, 0.4) is 0 Å². The van der Waals surface area contributed by atoms with Crippen molar-refractivity contribution in [2.45, 2.75) is 32.3 Å². The zero-order valence-corrected chi connectivity index (χ0v) is 11.4. The number of aliphatic hydroxyl groups is 1. The molecule has 20 heavy (non-hydrogen) atoms. The molecule has 0 spiro atoms. The third kappa shape index (κ3) is 3.67. The number of nitrogens with one attached hydrogen (secondary N) is 1. The van der Waals surface area contributed by atoms with Crippen molar-refractivity contribution in [1.82, 2.24) is 0 Å². The quantitative estimate of drug-likeness (QED) is 0.522. The van der Waals surface area contributed by atoms with Gasteiger partial charge in [0, 0.05) is 18.7 Å². The number of carboxylic acids is 1. The van der Waals surface area contributed by atoms with Crippen LogP contribution in [0, 0.1) is 10.1 Å². The maximum absolute atomic E-state index is 11.1. The minimum Gasteiger partial charge on any atom is -0.478 e. The second-order valence-corrected chi connectivity index (χ2v) is 4.58. The van der Waals surface area contributed by atoms with Crippen molar-refractivity contribution in [3.05, 3.63) is 33.9 Å². The molecule has 0 radical (unpaired) electrons. The van der Waals surface area contributed by atoms with Gasteiger partial charge in [-0.15, -0.1) is 0 Å². The average molecular weight is 282 g/mol. The number of carbonyl (C=O) groups is 1. The molecule has 0 aliphatic carbocycles. The number of benzene rings is 1. The van der Waals surface area contributed by atoms with Gasteiger partial charge in [0.15, 0.2) is 0 Å². The number of nitro groups is 1. The second kappa shape index (κ2) is 6.33. The summed E-state index contributed by atoms with van der Waals surface area (Å²) in [5, 5.41) is 32.7. The molecule has 1 aromatic carbocycles. The minimum absolute atomic E-state index is 0.0647. The summed E-state index contributed by atoms with van der Waals surface area (Å²) in [7, 11) is 0. The first-order chi connectivity index (χ1) is 9.33. The molecule has 0 heterocycles. The Bertz CT molecular complexity index is 511. The Balaban J connectivity index is 3.05. The van der Waals surface area contributed by atoms with E-state index in [2.05, 4.69) is 5.32 Å². The van der Waals surface area contributed by atoms with Gasteiger partial charge in [-0.05, 0) is 18.9 Å². The lowest BCUT2D eigenvalue weighted by molar-refractivity contribution is -0.384. The fourth-order valence-corrected chi connectivity index (χ4v) is 1.74. The molecule has 0 saturated carbocycles. The van der Waals surface area contributed by atoms with Crippen molar-refractivity contribution in [3.8, 4) is 0 Å². The Morgan fingerprint density at radius 3 is 2.45 bits per heavy atom. The Morgan fingerprint density at radius 1 is 1.40 bits per heavy atom. The molecule has 0 amide bonds. The number of anilines is 1. The Hall–Kier alpha value is -2.15. The van der Waals surface area contributed by atoms with Crippen LogP contribution < -0.4 is 5.32 Å². The van der Waals surface area contributed by atoms with Gasteiger partial charge in [-0.2, -0.15) is 0 Å². The molecular weight excluding hydrogens is 264 g/mol. The van der Waals surface area contributed by atoms with E-state index in [1.165, 1.54) is 6.07 Å². The predicted molar refractivity (Wildman–Crippen MR) is 74.1 cm³/mol. The van der Waals surface area contributed by atoms with Crippen molar-refractivity contribution in [1.29, 1.82) is 0 Å². The van der Waals surface area contributed by atoms with E-state index in [0.29, 0.717) is 12.8 Å². The van der Waals surface area contributed by atoms with Gasteiger partial charge in [0.25, 0.3) is 5.69 Å². The van der Waals surface area contributed by atoms with Crippen LogP contribution in [0.5, 0.6) is 0 Å². The van der Waals surface area contributed by atoms with Gasteiger partial charge < -0.3 is 15.5 Å². The molecule has 1 rings (SSSR count). The van der Waals surface area contributed by atoms with Gasteiger partial charge in [0.1, 0.15) is 0 Å². The van der Waals surface area contributed by atoms with Crippen LogP contribution >= 0.6 is 0 Å².